The second kappa shape index (κ2) is 7.67. The van der Waals surface area contributed by atoms with Crippen LogP contribution >= 0.6 is 0 Å². The van der Waals surface area contributed by atoms with Crippen molar-refractivity contribution in [3.05, 3.63) is 0 Å². The molecule has 1 aliphatic carbocycles. The van der Waals surface area contributed by atoms with E-state index in [9.17, 15) is 9.90 Å². The van der Waals surface area contributed by atoms with Crippen molar-refractivity contribution < 1.29 is 14.6 Å². The molecule has 0 spiro atoms. The molecule has 3 unspecified atom stereocenters. The summed E-state index contributed by atoms with van der Waals surface area (Å²) in [5.41, 5.74) is 0. The van der Waals surface area contributed by atoms with E-state index in [0.29, 0.717) is 31.4 Å². The molecule has 1 amide bonds. The Bertz CT molecular complexity index is 233. The van der Waals surface area contributed by atoms with Gasteiger partial charge in [-0.2, -0.15) is 0 Å². The monoisotopic (exact) mass is 243 g/mol. The molecule has 0 heterocycles. The van der Waals surface area contributed by atoms with Gasteiger partial charge in [0.25, 0.3) is 0 Å². The molecule has 17 heavy (non-hydrogen) atoms. The average Bonchev–Trinajstić information content (AvgIpc) is 2.73. The van der Waals surface area contributed by atoms with E-state index in [1.54, 1.807) is 7.11 Å². The normalized spacial score (nSPS) is 25.8. The Labute approximate surface area is 104 Å². The SMILES string of the molecule is COCC(C)CC(=O)NCC1CCCC1CO. The first-order valence-electron chi connectivity index (χ1n) is 6.53. The summed E-state index contributed by atoms with van der Waals surface area (Å²) in [6.07, 6.45) is 3.91. The van der Waals surface area contributed by atoms with Crippen molar-refractivity contribution in [3.63, 3.8) is 0 Å². The third-order valence-electron chi connectivity index (χ3n) is 3.60. The molecule has 0 aliphatic heterocycles. The van der Waals surface area contributed by atoms with Crippen molar-refractivity contribution in [1.82, 2.24) is 5.32 Å². The number of carbonyl (C=O) groups excluding carboxylic acids is 1. The lowest BCUT2D eigenvalue weighted by molar-refractivity contribution is -0.122. The highest BCUT2D eigenvalue weighted by Gasteiger charge is 2.26. The Morgan fingerprint density at radius 1 is 1.47 bits per heavy atom. The average molecular weight is 243 g/mol. The van der Waals surface area contributed by atoms with Gasteiger partial charge in [-0.25, -0.2) is 0 Å². The molecule has 1 saturated carbocycles. The fraction of sp³-hybridized carbons (Fsp3) is 0.923. The number of aliphatic hydroxyl groups excluding tert-OH is 1. The number of hydrogen-bond acceptors (Lipinski definition) is 3. The summed E-state index contributed by atoms with van der Waals surface area (Å²) in [5.74, 6) is 1.20. The molecule has 0 bridgehead atoms. The molecule has 1 aliphatic rings. The number of nitrogens with one attached hydrogen (secondary N) is 1. The predicted octanol–water partition coefficient (Wildman–Crippen LogP) is 1.18. The first kappa shape index (κ1) is 14.5. The van der Waals surface area contributed by atoms with Crippen molar-refractivity contribution >= 4 is 5.91 Å². The van der Waals surface area contributed by atoms with Crippen LogP contribution in [0.4, 0.5) is 0 Å². The number of methoxy groups -OCH3 is 1. The van der Waals surface area contributed by atoms with Crippen LogP contribution in [0.1, 0.15) is 32.6 Å². The minimum Gasteiger partial charge on any atom is -0.396 e. The lowest BCUT2D eigenvalue weighted by atomic mass is 9.97. The molecule has 2 N–H and O–H groups in total. The maximum atomic E-state index is 11.7. The van der Waals surface area contributed by atoms with E-state index < -0.39 is 0 Å². The molecule has 4 heteroatoms. The highest BCUT2D eigenvalue weighted by atomic mass is 16.5. The summed E-state index contributed by atoms with van der Waals surface area (Å²) >= 11 is 0. The number of carbonyl (C=O) groups is 1. The highest BCUT2D eigenvalue weighted by Crippen LogP contribution is 2.30. The molecule has 1 fully saturated rings. The zero-order valence-corrected chi connectivity index (χ0v) is 10.9. The molecule has 0 aromatic rings. The summed E-state index contributed by atoms with van der Waals surface area (Å²) in [5, 5.41) is 12.2. The van der Waals surface area contributed by atoms with Gasteiger partial charge in [-0.15, -0.1) is 0 Å². The third-order valence-corrected chi connectivity index (χ3v) is 3.60. The predicted molar refractivity (Wildman–Crippen MR) is 66.6 cm³/mol. The van der Waals surface area contributed by atoms with Crippen LogP contribution in [0.3, 0.4) is 0 Å². The van der Waals surface area contributed by atoms with Gasteiger partial charge in [0.2, 0.25) is 5.91 Å². The number of rotatable bonds is 7. The summed E-state index contributed by atoms with van der Waals surface area (Å²) in [6.45, 7) is 3.59. The first-order chi connectivity index (χ1) is 8.17. The van der Waals surface area contributed by atoms with Gasteiger partial charge >= 0.3 is 0 Å². The van der Waals surface area contributed by atoms with Crippen molar-refractivity contribution in [2.45, 2.75) is 32.6 Å². The maximum absolute atomic E-state index is 11.7. The summed E-state index contributed by atoms with van der Waals surface area (Å²) in [7, 11) is 1.65. The van der Waals surface area contributed by atoms with Crippen molar-refractivity contribution in [2.24, 2.45) is 17.8 Å². The van der Waals surface area contributed by atoms with E-state index in [0.717, 1.165) is 12.8 Å². The highest BCUT2D eigenvalue weighted by molar-refractivity contribution is 5.76. The summed E-state index contributed by atoms with van der Waals surface area (Å²) in [6, 6.07) is 0. The van der Waals surface area contributed by atoms with Gasteiger partial charge in [0, 0.05) is 33.3 Å². The van der Waals surface area contributed by atoms with E-state index in [-0.39, 0.29) is 18.4 Å². The molecule has 4 nitrogen and oxygen atoms in total. The van der Waals surface area contributed by atoms with Gasteiger partial charge in [0.1, 0.15) is 0 Å². The number of ether oxygens (including phenoxy) is 1. The van der Waals surface area contributed by atoms with E-state index in [1.165, 1.54) is 6.42 Å². The zero-order valence-electron chi connectivity index (χ0n) is 10.9. The number of amides is 1. The van der Waals surface area contributed by atoms with Crippen molar-refractivity contribution in [3.8, 4) is 0 Å². The second-order valence-corrected chi connectivity index (χ2v) is 5.20. The minimum absolute atomic E-state index is 0.0955. The minimum atomic E-state index is 0.0955. The molecule has 1 rings (SSSR count). The fourth-order valence-corrected chi connectivity index (χ4v) is 2.60. The van der Waals surface area contributed by atoms with E-state index in [2.05, 4.69) is 5.32 Å². The maximum Gasteiger partial charge on any atom is 0.220 e. The van der Waals surface area contributed by atoms with E-state index in [1.807, 2.05) is 6.92 Å². The van der Waals surface area contributed by atoms with Crippen LogP contribution in [0.15, 0.2) is 0 Å². The van der Waals surface area contributed by atoms with Crippen LogP contribution in [0.5, 0.6) is 0 Å². The zero-order chi connectivity index (χ0) is 12.7. The van der Waals surface area contributed by atoms with Gasteiger partial charge < -0.3 is 15.2 Å². The third kappa shape index (κ3) is 5.04. The standard InChI is InChI=1S/C13H25NO3/c1-10(9-17-2)6-13(16)14-7-11-4-3-5-12(11)8-15/h10-12,15H,3-9H2,1-2H3,(H,14,16). The lowest BCUT2D eigenvalue weighted by Gasteiger charge is -2.18. The van der Waals surface area contributed by atoms with Crippen LogP contribution in [-0.2, 0) is 9.53 Å². The fourth-order valence-electron chi connectivity index (χ4n) is 2.60. The Morgan fingerprint density at radius 2 is 2.18 bits per heavy atom. The Morgan fingerprint density at radius 3 is 2.82 bits per heavy atom. The van der Waals surface area contributed by atoms with Gasteiger partial charge in [0.15, 0.2) is 0 Å². The van der Waals surface area contributed by atoms with Gasteiger partial charge in [-0.05, 0) is 30.6 Å². The number of hydrogen-bond donors (Lipinski definition) is 2. The molecular formula is C13H25NO3. The molecule has 100 valence electrons. The lowest BCUT2D eigenvalue weighted by Crippen LogP contribution is -2.32. The topological polar surface area (TPSA) is 58.6 Å². The van der Waals surface area contributed by atoms with E-state index in [4.69, 9.17) is 4.74 Å². The van der Waals surface area contributed by atoms with Crippen LogP contribution in [0.2, 0.25) is 0 Å². The molecule has 0 saturated heterocycles. The summed E-state index contributed by atoms with van der Waals surface area (Å²) in [4.78, 5) is 11.7. The van der Waals surface area contributed by atoms with Crippen LogP contribution in [0.25, 0.3) is 0 Å². The Hall–Kier alpha value is -0.610. The first-order valence-corrected chi connectivity index (χ1v) is 6.53. The Balaban J connectivity index is 2.19. The molecular weight excluding hydrogens is 218 g/mol. The van der Waals surface area contributed by atoms with Gasteiger partial charge in [-0.1, -0.05) is 13.3 Å². The molecule has 0 aromatic carbocycles. The second-order valence-electron chi connectivity index (χ2n) is 5.20. The number of aliphatic hydroxyl groups is 1. The molecule has 0 aromatic heterocycles. The Kier molecular flexibility index (Phi) is 6.52. The molecule has 0 radical (unpaired) electrons. The largest absolute Gasteiger partial charge is 0.396 e. The van der Waals surface area contributed by atoms with Gasteiger partial charge in [0.05, 0.1) is 0 Å². The van der Waals surface area contributed by atoms with Crippen LogP contribution in [-0.4, -0.2) is 37.9 Å². The van der Waals surface area contributed by atoms with Crippen LogP contribution < -0.4 is 5.32 Å². The quantitative estimate of drug-likeness (QED) is 0.706. The smallest absolute Gasteiger partial charge is 0.220 e. The van der Waals surface area contributed by atoms with Crippen LogP contribution in [0, 0.1) is 17.8 Å². The molecule has 3 atom stereocenters. The van der Waals surface area contributed by atoms with Crippen molar-refractivity contribution in [1.29, 1.82) is 0 Å². The van der Waals surface area contributed by atoms with Crippen molar-refractivity contribution in [2.75, 3.05) is 26.9 Å². The van der Waals surface area contributed by atoms with Gasteiger partial charge in [-0.3, -0.25) is 4.79 Å². The summed E-state index contributed by atoms with van der Waals surface area (Å²) < 4.78 is 5.00. The van der Waals surface area contributed by atoms with E-state index >= 15 is 0 Å².